The molecule has 2 aromatic heterocycles. The lowest BCUT2D eigenvalue weighted by Gasteiger charge is -2.40. The average molecular weight is 603 g/mol. The van der Waals surface area contributed by atoms with Crippen LogP contribution in [0.2, 0.25) is 0 Å². The van der Waals surface area contributed by atoms with Crippen molar-refractivity contribution in [2.75, 3.05) is 32.2 Å². The van der Waals surface area contributed by atoms with Crippen LogP contribution in [0.15, 0.2) is 60.8 Å². The summed E-state index contributed by atoms with van der Waals surface area (Å²) in [4.78, 5) is 42.5. The number of hydrogen-bond acceptors (Lipinski definition) is 10. The number of carbonyl (C=O) groups excluding carboxylic acids is 2. The number of aromatic nitrogens is 4. The van der Waals surface area contributed by atoms with Crippen molar-refractivity contribution >= 4 is 23.5 Å². The van der Waals surface area contributed by atoms with E-state index in [2.05, 4.69) is 25.3 Å². The number of methoxy groups -OCH3 is 1. The standard InChI is InChI=1S/C31H31FN6O6/c1-30(28(40)42-15-18-6-7-18)16-43-31(26(33)39,44-17-30)27-37-24(19-8-10-20(32)11-9-19)25(38-27)23-12-13-34-29(36-23)35-21-4-3-5-22(14-21)41-2/h3-5,8-14,18H,6-7,15-17H2,1-2H3,(H2,33,39)(H,37,38)(H,34,35,36). The van der Waals surface area contributed by atoms with Gasteiger partial charge in [-0.2, -0.15) is 0 Å². The number of hydrogen-bond donors (Lipinski definition) is 3. The predicted octanol–water partition coefficient (Wildman–Crippen LogP) is 4.07. The Labute approximate surface area is 252 Å². The van der Waals surface area contributed by atoms with Crippen LogP contribution in [0.3, 0.4) is 0 Å². The molecular weight excluding hydrogens is 571 g/mol. The largest absolute Gasteiger partial charge is 0.497 e. The van der Waals surface area contributed by atoms with Crippen molar-refractivity contribution in [1.82, 2.24) is 19.9 Å². The van der Waals surface area contributed by atoms with Gasteiger partial charge in [0.2, 0.25) is 5.95 Å². The van der Waals surface area contributed by atoms with Crippen LogP contribution in [-0.4, -0.2) is 58.7 Å². The molecule has 2 aliphatic rings. The third-order valence-electron chi connectivity index (χ3n) is 7.52. The fourth-order valence-corrected chi connectivity index (χ4v) is 4.69. The van der Waals surface area contributed by atoms with Crippen molar-refractivity contribution < 1.29 is 32.9 Å². The number of nitrogens with zero attached hydrogens (tertiary/aromatic N) is 3. The van der Waals surface area contributed by atoms with Gasteiger partial charge in [0.25, 0.3) is 5.91 Å². The van der Waals surface area contributed by atoms with E-state index in [0.717, 1.165) is 12.8 Å². The summed E-state index contributed by atoms with van der Waals surface area (Å²) in [6.45, 7) is 1.57. The Bertz CT molecular complexity index is 1680. The second kappa shape index (κ2) is 11.7. The van der Waals surface area contributed by atoms with E-state index in [1.165, 1.54) is 12.1 Å². The molecule has 4 aromatic rings. The number of aromatic amines is 1. The van der Waals surface area contributed by atoms with Gasteiger partial charge in [-0.3, -0.25) is 9.59 Å². The van der Waals surface area contributed by atoms with E-state index in [9.17, 15) is 14.0 Å². The lowest BCUT2D eigenvalue weighted by atomic mass is 9.91. The number of esters is 1. The highest BCUT2D eigenvalue weighted by molar-refractivity contribution is 5.85. The highest BCUT2D eigenvalue weighted by atomic mass is 19.1. The monoisotopic (exact) mass is 602 g/mol. The number of H-pyrrole nitrogens is 1. The van der Waals surface area contributed by atoms with Gasteiger partial charge in [-0.25, -0.2) is 19.3 Å². The van der Waals surface area contributed by atoms with Gasteiger partial charge in [0.05, 0.1) is 44.0 Å². The summed E-state index contributed by atoms with van der Waals surface area (Å²) in [5.74, 6) is -2.78. The number of benzene rings is 2. The molecule has 0 spiro atoms. The SMILES string of the molecule is COc1cccc(Nc2nccc(-c3[nH]c(C4(C(N)=O)OCC(C)(C(=O)OCC5CC5)CO4)nc3-c3ccc(F)cc3)n2)c1. The lowest BCUT2D eigenvalue weighted by molar-refractivity contribution is -0.293. The number of imidazole rings is 1. The number of carbonyl (C=O) groups is 2. The summed E-state index contributed by atoms with van der Waals surface area (Å²) >= 11 is 0. The Kier molecular flexibility index (Phi) is 7.74. The molecule has 1 aliphatic carbocycles. The summed E-state index contributed by atoms with van der Waals surface area (Å²) in [5, 5.41) is 3.14. The molecule has 228 valence electrons. The van der Waals surface area contributed by atoms with Crippen molar-refractivity contribution in [3.8, 4) is 28.4 Å². The highest BCUT2D eigenvalue weighted by Crippen LogP contribution is 2.40. The molecular formula is C31H31FN6O6. The molecule has 1 amide bonds. The summed E-state index contributed by atoms with van der Waals surface area (Å²) in [5.41, 5.74) is 6.99. The minimum absolute atomic E-state index is 0.0614. The van der Waals surface area contributed by atoms with Crippen molar-refractivity contribution in [2.45, 2.75) is 25.6 Å². The van der Waals surface area contributed by atoms with Gasteiger partial charge in [-0.1, -0.05) is 6.07 Å². The third kappa shape index (κ3) is 5.83. The van der Waals surface area contributed by atoms with Crippen LogP contribution >= 0.6 is 0 Å². The van der Waals surface area contributed by atoms with Gasteiger partial charge >= 0.3 is 11.8 Å². The molecule has 3 heterocycles. The van der Waals surface area contributed by atoms with E-state index in [1.807, 2.05) is 18.2 Å². The maximum atomic E-state index is 13.8. The van der Waals surface area contributed by atoms with Gasteiger partial charge in [-0.15, -0.1) is 0 Å². The molecule has 4 N–H and O–H groups in total. The molecule has 12 nitrogen and oxygen atoms in total. The van der Waals surface area contributed by atoms with Crippen LogP contribution in [0, 0.1) is 17.2 Å². The molecule has 0 unspecified atom stereocenters. The maximum absolute atomic E-state index is 13.8. The van der Waals surface area contributed by atoms with Crippen molar-refractivity contribution in [1.29, 1.82) is 0 Å². The molecule has 1 saturated carbocycles. The summed E-state index contributed by atoms with van der Waals surface area (Å²) < 4.78 is 36.5. The molecule has 1 aliphatic heterocycles. The molecule has 2 fully saturated rings. The first-order valence-electron chi connectivity index (χ1n) is 14.0. The van der Waals surface area contributed by atoms with E-state index in [-0.39, 0.29) is 25.0 Å². The third-order valence-corrected chi connectivity index (χ3v) is 7.52. The first kappa shape index (κ1) is 29.2. The maximum Gasteiger partial charge on any atom is 0.316 e. The number of halogens is 1. The summed E-state index contributed by atoms with van der Waals surface area (Å²) in [7, 11) is 1.57. The van der Waals surface area contributed by atoms with E-state index < -0.39 is 28.9 Å². The number of ether oxygens (including phenoxy) is 4. The zero-order valence-electron chi connectivity index (χ0n) is 24.1. The number of nitrogens with two attached hydrogens (primary N) is 1. The summed E-state index contributed by atoms with van der Waals surface area (Å²) in [6, 6.07) is 14.6. The van der Waals surface area contributed by atoms with E-state index in [4.69, 9.17) is 24.7 Å². The lowest BCUT2D eigenvalue weighted by Crippen LogP contribution is -2.56. The minimum atomic E-state index is -2.14. The van der Waals surface area contributed by atoms with Gasteiger partial charge in [-0.05, 0) is 68.1 Å². The molecule has 2 aromatic carbocycles. The topological polar surface area (TPSA) is 164 Å². The fourth-order valence-electron chi connectivity index (χ4n) is 4.69. The smallest absolute Gasteiger partial charge is 0.316 e. The summed E-state index contributed by atoms with van der Waals surface area (Å²) in [6.07, 6.45) is 3.61. The second-order valence-electron chi connectivity index (χ2n) is 11.1. The van der Waals surface area contributed by atoms with Gasteiger partial charge < -0.3 is 35.0 Å². The molecule has 1 saturated heterocycles. The Balaban J connectivity index is 1.35. The second-order valence-corrected chi connectivity index (χ2v) is 11.1. The predicted molar refractivity (Wildman–Crippen MR) is 156 cm³/mol. The first-order valence-corrected chi connectivity index (χ1v) is 14.0. The van der Waals surface area contributed by atoms with Crippen molar-refractivity contribution in [3.05, 3.63) is 72.4 Å². The van der Waals surface area contributed by atoms with E-state index >= 15 is 0 Å². The van der Waals surface area contributed by atoms with E-state index in [0.29, 0.717) is 46.6 Å². The van der Waals surface area contributed by atoms with Crippen LogP contribution in [0.1, 0.15) is 25.6 Å². The number of primary amides is 1. The molecule has 0 bridgehead atoms. The van der Waals surface area contributed by atoms with Gasteiger partial charge in [0.15, 0.2) is 5.82 Å². The fraction of sp³-hybridized carbons (Fsp3) is 0.323. The van der Waals surface area contributed by atoms with Crippen LogP contribution in [-0.2, 0) is 29.6 Å². The number of anilines is 2. The van der Waals surface area contributed by atoms with Gasteiger partial charge in [0.1, 0.15) is 17.0 Å². The van der Waals surface area contributed by atoms with Crippen LogP contribution < -0.4 is 15.8 Å². The normalized spacial score (nSPS) is 21.4. The number of rotatable bonds is 10. The van der Waals surface area contributed by atoms with E-state index in [1.54, 1.807) is 44.5 Å². The molecule has 44 heavy (non-hydrogen) atoms. The van der Waals surface area contributed by atoms with Crippen molar-refractivity contribution in [3.63, 3.8) is 0 Å². The number of amides is 1. The first-order chi connectivity index (χ1) is 21.2. The quantitative estimate of drug-likeness (QED) is 0.226. The van der Waals surface area contributed by atoms with Crippen molar-refractivity contribution in [2.24, 2.45) is 17.1 Å². The Morgan fingerprint density at radius 3 is 2.55 bits per heavy atom. The molecule has 13 heteroatoms. The number of nitrogens with one attached hydrogen (secondary N) is 2. The highest BCUT2D eigenvalue weighted by Gasteiger charge is 2.54. The molecule has 0 radical (unpaired) electrons. The van der Waals surface area contributed by atoms with Gasteiger partial charge in [0, 0.05) is 23.5 Å². The Hall–Kier alpha value is -4.88. The molecule has 6 rings (SSSR count). The van der Waals surface area contributed by atoms with Crippen LogP contribution in [0.5, 0.6) is 5.75 Å². The minimum Gasteiger partial charge on any atom is -0.497 e. The van der Waals surface area contributed by atoms with Crippen LogP contribution in [0.4, 0.5) is 16.0 Å². The average Bonchev–Trinajstić information content (AvgIpc) is 3.76. The molecule has 0 atom stereocenters. The Morgan fingerprint density at radius 1 is 1.11 bits per heavy atom. The van der Waals surface area contributed by atoms with Crippen LogP contribution in [0.25, 0.3) is 22.6 Å². The zero-order chi connectivity index (χ0) is 30.9. The zero-order valence-corrected chi connectivity index (χ0v) is 24.1. The Morgan fingerprint density at radius 2 is 1.86 bits per heavy atom.